The lowest BCUT2D eigenvalue weighted by atomic mass is 9.99. The van der Waals surface area contributed by atoms with Crippen molar-refractivity contribution in [1.29, 1.82) is 0 Å². The van der Waals surface area contributed by atoms with E-state index >= 15 is 0 Å². The standard InChI is InChI=1S/C13H20N4O/c1-9(10-4-2-3-5-10)16-13(18)11-6-7-15-12(8-11)17-14/h6-10H,2-5,14H2,1H3,(H,15,17)(H,16,18). The van der Waals surface area contributed by atoms with Gasteiger partial charge in [-0.2, -0.15) is 0 Å². The lowest BCUT2D eigenvalue weighted by molar-refractivity contribution is 0.0927. The van der Waals surface area contributed by atoms with Crippen molar-refractivity contribution in [2.24, 2.45) is 11.8 Å². The summed E-state index contributed by atoms with van der Waals surface area (Å²) >= 11 is 0. The lowest BCUT2D eigenvalue weighted by Crippen LogP contribution is -2.37. The van der Waals surface area contributed by atoms with E-state index in [-0.39, 0.29) is 11.9 Å². The third-order valence-corrected chi connectivity index (χ3v) is 3.64. The van der Waals surface area contributed by atoms with Crippen LogP contribution < -0.4 is 16.6 Å². The predicted molar refractivity (Wildman–Crippen MR) is 70.9 cm³/mol. The maximum absolute atomic E-state index is 12.1. The quantitative estimate of drug-likeness (QED) is 0.559. The molecule has 18 heavy (non-hydrogen) atoms. The molecule has 1 aromatic heterocycles. The predicted octanol–water partition coefficient (Wildman–Crippen LogP) is 1.68. The number of pyridine rings is 1. The largest absolute Gasteiger partial charge is 0.349 e. The van der Waals surface area contributed by atoms with Gasteiger partial charge in [-0.25, -0.2) is 10.8 Å². The molecule has 0 spiro atoms. The highest BCUT2D eigenvalue weighted by Crippen LogP contribution is 2.27. The number of carbonyl (C=O) groups is 1. The van der Waals surface area contributed by atoms with Crippen molar-refractivity contribution in [1.82, 2.24) is 10.3 Å². The molecule has 1 aromatic rings. The number of hydrogen-bond acceptors (Lipinski definition) is 4. The van der Waals surface area contributed by atoms with Gasteiger partial charge in [0.2, 0.25) is 0 Å². The Hall–Kier alpha value is -1.62. The van der Waals surface area contributed by atoms with Gasteiger partial charge >= 0.3 is 0 Å². The van der Waals surface area contributed by atoms with Crippen LogP contribution in [0.15, 0.2) is 18.3 Å². The van der Waals surface area contributed by atoms with Crippen LogP contribution in [0, 0.1) is 5.92 Å². The molecule has 1 amide bonds. The summed E-state index contributed by atoms with van der Waals surface area (Å²) in [6.45, 7) is 2.08. The van der Waals surface area contributed by atoms with Crippen LogP contribution in [0.2, 0.25) is 0 Å². The number of hydrogen-bond donors (Lipinski definition) is 3. The molecule has 1 aliphatic rings. The Morgan fingerprint density at radius 3 is 2.89 bits per heavy atom. The summed E-state index contributed by atoms with van der Waals surface area (Å²) in [5.74, 6) is 6.32. The van der Waals surface area contributed by atoms with Crippen molar-refractivity contribution < 1.29 is 4.79 Å². The second-order valence-corrected chi connectivity index (χ2v) is 4.88. The lowest BCUT2D eigenvalue weighted by Gasteiger charge is -2.20. The summed E-state index contributed by atoms with van der Waals surface area (Å²) in [5, 5.41) is 3.05. The van der Waals surface area contributed by atoms with E-state index in [9.17, 15) is 4.79 Å². The first-order chi connectivity index (χ1) is 8.70. The van der Waals surface area contributed by atoms with Crippen LogP contribution in [-0.4, -0.2) is 16.9 Å². The van der Waals surface area contributed by atoms with Gasteiger partial charge in [0.25, 0.3) is 5.91 Å². The smallest absolute Gasteiger partial charge is 0.251 e. The van der Waals surface area contributed by atoms with Gasteiger partial charge in [0.1, 0.15) is 5.82 Å². The van der Waals surface area contributed by atoms with Gasteiger partial charge in [-0.15, -0.1) is 0 Å². The fourth-order valence-corrected chi connectivity index (χ4v) is 2.52. The van der Waals surface area contributed by atoms with E-state index in [0.29, 0.717) is 17.3 Å². The second-order valence-electron chi connectivity index (χ2n) is 4.88. The highest BCUT2D eigenvalue weighted by molar-refractivity contribution is 5.94. The molecule has 1 atom stereocenters. The van der Waals surface area contributed by atoms with Crippen LogP contribution in [-0.2, 0) is 0 Å². The van der Waals surface area contributed by atoms with Gasteiger partial charge in [0.05, 0.1) is 0 Å². The van der Waals surface area contributed by atoms with E-state index in [1.165, 1.54) is 25.7 Å². The van der Waals surface area contributed by atoms with Gasteiger partial charge in [-0.3, -0.25) is 4.79 Å². The van der Waals surface area contributed by atoms with E-state index in [4.69, 9.17) is 5.84 Å². The number of hydrazine groups is 1. The van der Waals surface area contributed by atoms with E-state index < -0.39 is 0 Å². The Labute approximate surface area is 107 Å². The molecule has 1 heterocycles. The summed E-state index contributed by atoms with van der Waals surface area (Å²) in [6.07, 6.45) is 6.56. The highest BCUT2D eigenvalue weighted by Gasteiger charge is 2.23. The summed E-state index contributed by atoms with van der Waals surface area (Å²) in [7, 11) is 0. The molecule has 0 aliphatic heterocycles. The topological polar surface area (TPSA) is 80.0 Å². The molecule has 0 bridgehead atoms. The third kappa shape index (κ3) is 2.98. The number of nitrogens with two attached hydrogens (primary N) is 1. The molecule has 0 radical (unpaired) electrons. The fraction of sp³-hybridized carbons (Fsp3) is 0.538. The molecular weight excluding hydrogens is 228 g/mol. The minimum absolute atomic E-state index is 0.0618. The Kier molecular flexibility index (Phi) is 4.15. The highest BCUT2D eigenvalue weighted by atomic mass is 16.1. The first-order valence-corrected chi connectivity index (χ1v) is 6.44. The summed E-state index contributed by atoms with van der Waals surface area (Å²) in [5.41, 5.74) is 3.03. The zero-order valence-corrected chi connectivity index (χ0v) is 10.6. The molecule has 5 heteroatoms. The molecular formula is C13H20N4O. The molecule has 5 nitrogen and oxygen atoms in total. The van der Waals surface area contributed by atoms with Gasteiger partial charge < -0.3 is 10.7 Å². The average molecular weight is 248 g/mol. The number of aromatic nitrogens is 1. The van der Waals surface area contributed by atoms with Crippen molar-refractivity contribution in [3.63, 3.8) is 0 Å². The number of rotatable bonds is 4. The summed E-state index contributed by atoms with van der Waals surface area (Å²) in [4.78, 5) is 16.1. The molecule has 1 saturated carbocycles. The molecule has 1 fully saturated rings. The molecule has 0 aromatic carbocycles. The maximum Gasteiger partial charge on any atom is 0.251 e. The van der Waals surface area contributed by atoms with Crippen LogP contribution in [0.5, 0.6) is 0 Å². The minimum Gasteiger partial charge on any atom is -0.349 e. The normalized spacial score (nSPS) is 17.4. The van der Waals surface area contributed by atoms with Crippen LogP contribution in [0.4, 0.5) is 5.82 Å². The van der Waals surface area contributed by atoms with Crippen molar-refractivity contribution >= 4 is 11.7 Å². The van der Waals surface area contributed by atoms with Gasteiger partial charge in [0, 0.05) is 17.8 Å². The molecule has 4 N–H and O–H groups in total. The molecule has 2 rings (SSSR count). The van der Waals surface area contributed by atoms with Crippen LogP contribution in [0.25, 0.3) is 0 Å². The van der Waals surface area contributed by atoms with Gasteiger partial charge in [0.15, 0.2) is 0 Å². The maximum atomic E-state index is 12.1. The minimum atomic E-state index is -0.0618. The Balaban J connectivity index is 1.97. The number of nitrogens with one attached hydrogen (secondary N) is 2. The third-order valence-electron chi connectivity index (χ3n) is 3.64. The second kappa shape index (κ2) is 5.82. The van der Waals surface area contributed by atoms with Crippen molar-refractivity contribution in [2.75, 3.05) is 5.43 Å². The van der Waals surface area contributed by atoms with E-state index in [1.54, 1.807) is 18.3 Å². The van der Waals surface area contributed by atoms with Crippen molar-refractivity contribution in [2.45, 2.75) is 38.6 Å². The molecule has 0 saturated heterocycles. The number of nitrogen functional groups attached to an aromatic ring is 1. The van der Waals surface area contributed by atoms with Crippen LogP contribution >= 0.6 is 0 Å². The molecule has 1 aliphatic carbocycles. The SMILES string of the molecule is CC(NC(=O)c1ccnc(NN)c1)C1CCCC1. The number of anilines is 1. The first kappa shape index (κ1) is 12.8. The monoisotopic (exact) mass is 248 g/mol. The van der Waals surface area contributed by atoms with E-state index in [2.05, 4.69) is 22.7 Å². The zero-order valence-electron chi connectivity index (χ0n) is 10.6. The van der Waals surface area contributed by atoms with Gasteiger partial charge in [-0.05, 0) is 37.8 Å². The molecule has 98 valence electrons. The van der Waals surface area contributed by atoms with Crippen LogP contribution in [0.1, 0.15) is 43.0 Å². The van der Waals surface area contributed by atoms with E-state index in [1.807, 2.05) is 0 Å². The summed E-state index contributed by atoms with van der Waals surface area (Å²) in [6, 6.07) is 3.57. The Bertz CT molecular complexity index is 415. The van der Waals surface area contributed by atoms with Crippen molar-refractivity contribution in [3.05, 3.63) is 23.9 Å². The Morgan fingerprint density at radius 2 is 2.22 bits per heavy atom. The average Bonchev–Trinajstić information content (AvgIpc) is 2.92. The number of amides is 1. The number of nitrogens with zero attached hydrogens (tertiary/aromatic N) is 1. The Morgan fingerprint density at radius 1 is 1.50 bits per heavy atom. The van der Waals surface area contributed by atoms with Gasteiger partial charge in [-0.1, -0.05) is 12.8 Å². The fourth-order valence-electron chi connectivity index (χ4n) is 2.52. The first-order valence-electron chi connectivity index (χ1n) is 6.44. The number of carbonyl (C=O) groups excluding carboxylic acids is 1. The summed E-state index contributed by atoms with van der Waals surface area (Å²) < 4.78 is 0. The van der Waals surface area contributed by atoms with Crippen LogP contribution in [0.3, 0.4) is 0 Å². The molecule has 1 unspecified atom stereocenters. The zero-order chi connectivity index (χ0) is 13.0. The van der Waals surface area contributed by atoms with Crippen molar-refractivity contribution in [3.8, 4) is 0 Å². The van der Waals surface area contributed by atoms with E-state index in [0.717, 1.165) is 0 Å².